The highest BCUT2D eigenvalue weighted by molar-refractivity contribution is 5.33. The van der Waals surface area contributed by atoms with Crippen LogP contribution in [0.15, 0.2) is 48.7 Å². The van der Waals surface area contributed by atoms with Crippen LogP contribution in [0.1, 0.15) is 43.9 Å². The van der Waals surface area contributed by atoms with E-state index >= 15 is 0 Å². The molecule has 2 atom stereocenters. The standard InChI is InChI=1S/C18H23NO2/c1-4-16(17-8-6-7-13-19-17)18(20,5-2)14-9-11-15(21-3)12-10-14/h6-13,16,20H,4-5H2,1-3H3/t16-,18-/m0/s1. The molecule has 2 aromatic rings. The van der Waals surface area contributed by atoms with E-state index in [1.54, 1.807) is 13.3 Å². The Hall–Kier alpha value is -1.87. The summed E-state index contributed by atoms with van der Waals surface area (Å²) >= 11 is 0. The van der Waals surface area contributed by atoms with Crippen LogP contribution in [0.25, 0.3) is 0 Å². The van der Waals surface area contributed by atoms with Gasteiger partial charge in [0.05, 0.1) is 12.7 Å². The summed E-state index contributed by atoms with van der Waals surface area (Å²) in [6, 6.07) is 13.5. The minimum Gasteiger partial charge on any atom is -0.497 e. The molecule has 0 spiro atoms. The minimum atomic E-state index is -0.921. The van der Waals surface area contributed by atoms with Crippen molar-refractivity contribution in [3.05, 3.63) is 59.9 Å². The van der Waals surface area contributed by atoms with Crippen LogP contribution < -0.4 is 4.74 Å². The van der Waals surface area contributed by atoms with Gasteiger partial charge < -0.3 is 9.84 Å². The Kier molecular flexibility index (Phi) is 4.97. The van der Waals surface area contributed by atoms with Crippen LogP contribution >= 0.6 is 0 Å². The van der Waals surface area contributed by atoms with Crippen molar-refractivity contribution in [2.45, 2.75) is 38.2 Å². The van der Waals surface area contributed by atoms with Gasteiger partial charge in [-0.15, -0.1) is 0 Å². The third kappa shape index (κ3) is 3.08. The van der Waals surface area contributed by atoms with Crippen molar-refractivity contribution >= 4 is 0 Å². The normalized spacial score (nSPS) is 15.2. The first-order valence-corrected chi connectivity index (χ1v) is 7.43. The fraction of sp³-hybridized carbons (Fsp3) is 0.389. The molecule has 0 radical (unpaired) electrons. The number of pyridine rings is 1. The number of hydrogen-bond donors (Lipinski definition) is 1. The van der Waals surface area contributed by atoms with Gasteiger partial charge in [-0.3, -0.25) is 4.98 Å². The molecule has 1 aromatic carbocycles. The Balaban J connectivity index is 2.42. The maximum Gasteiger partial charge on any atom is 0.118 e. The number of hydrogen-bond acceptors (Lipinski definition) is 3. The van der Waals surface area contributed by atoms with Crippen molar-refractivity contribution in [3.63, 3.8) is 0 Å². The summed E-state index contributed by atoms with van der Waals surface area (Å²) in [5, 5.41) is 11.3. The summed E-state index contributed by atoms with van der Waals surface area (Å²) in [5.41, 5.74) is 0.915. The number of methoxy groups -OCH3 is 1. The third-order valence-electron chi connectivity index (χ3n) is 4.16. The first-order valence-electron chi connectivity index (χ1n) is 7.43. The SMILES string of the molecule is CC[C@@H](c1ccccn1)[C@](O)(CC)c1ccc(OC)cc1. The van der Waals surface area contributed by atoms with Gasteiger partial charge in [0.25, 0.3) is 0 Å². The lowest BCUT2D eigenvalue weighted by molar-refractivity contribution is 0.000160. The zero-order valence-electron chi connectivity index (χ0n) is 12.9. The lowest BCUT2D eigenvalue weighted by Crippen LogP contribution is -2.33. The fourth-order valence-electron chi connectivity index (χ4n) is 2.90. The molecule has 0 amide bonds. The Morgan fingerprint density at radius 2 is 1.86 bits per heavy atom. The minimum absolute atomic E-state index is 0.0305. The molecule has 1 heterocycles. The van der Waals surface area contributed by atoms with Gasteiger partial charge in [-0.05, 0) is 42.7 Å². The Morgan fingerprint density at radius 3 is 2.33 bits per heavy atom. The average Bonchev–Trinajstić information content (AvgIpc) is 2.56. The third-order valence-corrected chi connectivity index (χ3v) is 4.16. The molecule has 0 aliphatic carbocycles. The molecule has 0 aliphatic rings. The number of aliphatic hydroxyl groups is 1. The molecule has 0 saturated carbocycles. The van der Waals surface area contributed by atoms with Crippen molar-refractivity contribution in [2.75, 3.05) is 7.11 Å². The quantitative estimate of drug-likeness (QED) is 0.875. The van der Waals surface area contributed by atoms with E-state index in [0.717, 1.165) is 23.4 Å². The van der Waals surface area contributed by atoms with Crippen LogP contribution in [0.5, 0.6) is 5.75 Å². The fourth-order valence-corrected chi connectivity index (χ4v) is 2.90. The summed E-state index contributed by atoms with van der Waals surface area (Å²) in [7, 11) is 1.64. The van der Waals surface area contributed by atoms with Crippen LogP contribution in [0.4, 0.5) is 0 Å². The molecule has 3 heteroatoms. The molecule has 3 nitrogen and oxygen atoms in total. The van der Waals surface area contributed by atoms with Gasteiger partial charge in [0.1, 0.15) is 5.75 Å². The summed E-state index contributed by atoms with van der Waals surface area (Å²) in [6.45, 7) is 4.10. The lowest BCUT2D eigenvalue weighted by Gasteiger charge is -2.35. The van der Waals surface area contributed by atoms with Crippen molar-refractivity contribution in [1.29, 1.82) is 0 Å². The second-order valence-corrected chi connectivity index (χ2v) is 5.22. The first kappa shape index (κ1) is 15.5. The van der Waals surface area contributed by atoms with E-state index in [1.165, 1.54) is 0 Å². The topological polar surface area (TPSA) is 42.4 Å². The van der Waals surface area contributed by atoms with Gasteiger partial charge >= 0.3 is 0 Å². The zero-order valence-corrected chi connectivity index (χ0v) is 12.9. The molecule has 1 N–H and O–H groups in total. The highest BCUT2D eigenvalue weighted by atomic mass is 16.5. The molecule has 1 aromatic heterocycles. The van der Waals surface area contributed by atoms with Gasteiger partial charge in [0.15, 0.2) is 0 Å². The van der Waals surface area contributed by atoms with Crippen molar-refractivity contribution in [1.82, 2.24) is 4.98 Å². The molecule has 0 aliphatic heterocycles. The molecular weight excluding hydrogens is 262 g/mol. The van der Waals surface area contributed by atoms with Gasteiger partial charge in [-0.2, -0.15) is 0 Å². The van der Waals surface area contributed by atoms with E-state index in [-0.39, 0.29) is 5.92 Å². The molecule has 0 bridgehead atoms. The number of benzene rings is 1. The van der Waals surface area contributed by atoms with Crippen molar-refractivity contribution in [3.8, 4) is 5.75 Å². The smallest absolute Gasteiger partial charge is 0.118 e. The van der Waals surface area contributed by atoms with Gasteiger partial charge in [0.2, 0.25) is 0 Å². The second kappa shape index (κ2) is 6.72. The summed E-state index contributed by atoms with van der Waals surface area (Å²) in [4.78, 5) is 4.44. The monoisotopic (exact) mass is 285 g/mol. The molecule has 2 rings (SSSR count). The van der Waals surface area contributed by atoms with E-state index in [2.05, 4.69) is 11.9 Å². The van der Waals surface area contributed by atoms with Crippen molar-refractivity contribution in [2.24, 2.45) is 0 Å². The average molecular weight is 285 g/mol. The Labute approximate surface area is 126 Å². The lowest BCUT2D eigenvalue weighted by atomic mass is 9.76. The predicted molar refractivity (Wildman–Crippen MR) is 84.5 cm³/mol. The number of rotatable bonds is 6. The molecule has 0 unspecified atom stereocenters. The largest absolute Gasteiger partial charge is 0.497 e. The van der Waals surface area contributed by atoms with Crippen LogP contribution in [-0.2, 0) is 5.60 Å². The highest BCUT2D eigenvalue weighted by Crippen LogP contribution is 2.41. The molecule has 112 valence electrons. The molecule has 21 heavy (non-hydrogen) atoms. The summed E-state index contributed by atoms with van der Waals surface area (Å²) in [6.07, 6.45) is 3.24. The van der Waals surface area contributed by atoms with Crippen LogP contribution in [-0.4, -0.2) is 17.2 Å². The van der Waals surface area contributed by atoms with E-state index in [9.17, 15) is 5.11 Å². The molecule has 0 saturated heterocycles. The first-order chi connectivity index (χ1) is 10.2. The van der Waals surface area contributed by atoms with Crippen molar-refractivity contribution < 1.29 is 9.84 Å². The van der Waals surface area contributed by atoms with Crippen LogP contribution in [0.3, 0.4) is 0 Å². The molecule has 0 fully saturated rings. The number of ether oxygens (including phenoxy) is 1. The second-order valence-electron chi connectivity index (χ2n) is 5.22. The maximum atomic E-state index is 11.3. The summed E-state index contributed by atoms with van der Waals surface area (Å²) in [5.74, 6) is 0.764. The number of aromatic nitrogens is 1. The number of nitrogens with zero attached hydrogens (tertiary/aromatic N) is 1. The van der Waals surface area contributed by atoms with Gasteiger partial charge in [-0.1, -0.05) is 32.0 Å². The Morgan fingerprint density at radius 1 is 1.14 bits per heavy atom. The van der Waals surface area contributed by atoms with E-state index in [1.807, 2.05) is 49.4 Å². The van der Waals surface area contributed by atoms with Gasteiger partial charge in [0, 0.05) is 17.8 Å². The maximum absolute atomic E-state index is 11.3. The van der Waals surface area contributed by atoms with E-state index in [4.69, 9.17) is 4.74 Å². The Bertz CT molecular complexity index is 553. The van der Waals surface area contributed by atoms with E-state index in [0.29, 0.717) is 6.42 Å². The van der Waals surface area contributed by atoms with E-state index < -0.39 is 5.60 Å². The zero-order chi connectivity index (χ0) is 15.3. The van der Waals surface area contributed by atoms with Crippen LogP contribution in [0.2, 0.25) is 0 Å². The predicted octanol–water partition coefficient (Wildman–Crippen LogP) is 3.88. The highest BCUT2D eigenvalue weighted by Gasteiger charge is 2.37. The van der Waals surface area contributed by atoms with Crippen LogP contribution in [0, 0.1) is 0 Å². The molecular formula is C18H23NO2. The van der Waals surface area contributed by atoms with Gasteiger partial charge in [-0.25, -0.2) is 0 Å². The summed E-state index contributed by atoms with van der Waals surface area (Å²) < 4.78 is 5.19.